The summed E-state index contributed by atoms with van der Waals surface area (Å²) in [6.45, 7) is 5.54. The molecule has 0 unspecified atom stereocenters. The summed E-state index contributed by atoms with van der Waals surface area (Å²) in [5, 5.41) is 4.51. The molecular weight excluding hydrogens is 471 g/mol. The van der Waals surface area contributed by atoms with Gasteiger partial charge < -0.3 is 9.47 Å². The number of rotatable bonds is 19. The van der Waals surface area contributed by atoms with Gasteiger partial charge in [-0.1, -0.05) is 93.1 Å². The van der Waals surface area contributed by atoms with E-state index >= 15 is 0 Å². The van der Waals surface area contributed by atoms with Gasteiger partial charge in [0.25, 0.3) is 0 Å². The second kappa shape index (κ2) is 17.5. The first-order valence-corrected chi connectivity index (χ1v) is 16.6. The number of hydrogen-bond acceptors (Lipinski definition) is 2. The Hall–Kier alpha value is -1.99. The summed E-state index contributed by atoms with van der Waals surface area (Å²) < 4.78 is 11.3. The highest BCUT2D eigenvalue weighted by molar-refractivity contribution is 7.95. The van der Waals surface area contributed by atoms with Crippen LogP contribution in [0.4, 0.5) is 0 Å². The maximum atomic E-state index is 5.65. The number of benzene rings is 3. The SMILES string of the molecule is CCOC(CCCCCCCCCCC[P+](c1ccccc1)(c1ccccc1)c1ccccc1)OCC. The summed E-state index contributed by atoms with van der Waals surface area (Å²) in [4.78, 5) is 0. The lowest BCUT2D eigenvalue weighted by molar-refractivity contribution is -0.140. The molecule has 0 heterocycles. The van der Waals surface area contributed by atoms with Gasteiger partial charge in [0, 0.05) is 13.2 Å². The molecule has 0 atom stereocenters. The number of unbranched alkanes of at least 4 members (excludes halogenated alkanes) is 8. The zero-order valence-corrected chi connectivity index (χ0v) is 24.1. The minimum Gasteiger partial charge on any atom is -0.353 e. The Kier molecular flexibility index (Phi) is 14.0. The lowest BCUT2D eigenvalue weighted by Gasteiger charge is -2.27. The Bertz CT molecular complexity index is 843. The fourth-order valence-corrected chi connectivity index (χ4v) is 9.78. The Balaban J connectivity index is 1.47. The molecule has 0 aliphatic carbocycles. The molecule has 37 heavy (non-hydrogen) atoms. The van der Waals surface area contributed by atoms with Crippen molar-refractivity contribution in [1.82, 2.24) is 0 Å². The van der Waals surface area contributed by atoms with E-state index in [0.717, 1.165) is 19.6 Å². The first kappa shape index (κ1) is 29.6. The van der Waals surface area contributed by atoms with Crippen molar-refractivity contribution in [2.45, 2.75) is 84.3 Å². The molecular formula is C34H48O2P+. The molecule has 0 radical (unpaired) electrons. The predicted molar refractivity (Wildman–Crippen MR) is 163 cm³/mol. The van der Waals surface area contributed by atoms with Crippen LogP contribution >= 0.6 is 7.26 Å². The van der Waals surface area contributed by atoms with Crippen LogP contribution in [0.2, 0.25) is 0 Å². The highest BCUT2D eigenvalue weighted by atomic mass is 31.2. The van der Waals surface area contributed by atoms with Crippen molar-refractivity contribution in [3.8, 4) is 0 Å². The molecule has 200 valence electrons. The van der Waals surface area contributed by atoms with Crippen molar-refractivity contribution < 1.29 is 9.47 Å². The zero-order valence-electron chi connectivity index (χ0n) is 23.2. The van der Waals surface area contributed by atoms with E-state index in [1.807, 2.05) is 13.8 Å². The van der Waals surface area contributed by atoms with Crippen molar-refractivity contribution in [1.29, 1.82) is 0 Å². The van der Waals surface area contributed by atoms with Crippen LogP contribution in [-0.2, 0) is 9.47 Å². The lowest BCUT2D eigenvalue weighted by atomic mass is 10.1. The average molecular weight is 520 g/mol. The molecule has 0 aromatic heterocycles. The smallest absolute Gasteiger partial charge is 0.157 e. The van der Waals surface area contributed by atoms with E-state index in [1.54, 1.807) is 0 Å². The summed E-state index contributed by atoms with van der Waals surface area (Å²) in [5.41, 5.74) is 0. The quantitative estimate of drug-likeness (QED) is 0.0901. The highest BCUT2D eigenvalue weighted by Gasteiger charge is 2.44. The molecule has 0 aliphatic rings. The zero-order chi connectivity index (χ0) is 26.0. The molecule has 0 bridgehead atoms. The van der Waals surface area contributed by atoms with E-state index in [4.69, 9.17) is 9.47 Å². The molecule has 3 aromatic carbocycles. The van der Waals surface area contributed by atoms with Gasteiger partial charge >= 0.3 is 0 Å². The van der Waals surface area contributed by atoms with Gasteiger partial charge in [0.2, 0.25) is 0 Å². The van der Waals surface area contributed by atoms with Gasteiger partial charge in [0.05, 0.1) is 6.16 Å². The van der Waals surface area contributed by atoms with E-state index in [9.17, 15) is 0 Å². The van der Waals surface area contributed by atoms with Gasteiger partial charge in [-0.15, -0.1) is 0 Å². The maximum absolute atomic E-state index is 5.65. The normalized spacial score (nSPS) is 11.8. The monoisotopic (exact) mass is 519 g/mol. The van der Waals surface area contributed by atoms with Crippen LogP contribution in [0, 0.1) is 0 Å². The topological polar surface area (TPSA) is 18.5 Å². The molecule has 3 heteroatoms. The molecule has 0 saturated heterocycles. The minimum absolute atomic E-state index is 0.00684. The first-order valence-electron chi connectivity index (χ1n) is 14.6. The second-order valence-corrected chi connectivity index (χ2v) is 13.5. The van der Waals surface area contributed by atoms with Gasteiger partial charge in [-0.2, -0.15) is 0 Å². The minimum atomic E-state index is -1.67. The van der Waals surface area contributed by atoms with Crippen LogP contribution < -0.4 is 15.9 Å². The number of ether oxygens (including phenoxy) is 2. The molecule has 3 rings (SSSR count). The van der Waals surface area contributed by atoms with Gasteiger partial charge in [-0.3, -0.25) is 0 Å². The van der Waals surface area contributed by atoms with E-state index in [0.29, 0.717) is 0 Å². The van der Waals surface area contributed by atoms with Crippen molar-refractivity contribution in [3.05, 3.63) is 91.0 Å². The molecule has 0 N–H and O–H groups in total. The van der Waals surface area contributed by atoms with Crippen molar-refractivity contribution in [3.63, 3.8) is 0 Å². The maximum Gasteiger partial charge on any atom is 0.157 e. The fraction of sp³-hybridized carbons (Fsp3) is 0.471. The summed E-state index contributed by atoms with van der Waals surface area (Å²) in [6, 6.07) is 33.9. The van der Waals surface area contributed by atoms with Crippen LogP contribution in [0.1, 0.15) is 78.1 Å². The summed E-state index contributed by atoms with van der Waals surface area (Å²) in [7, 11) is -1.67. The molecule has 2 nitrogen and oxygen atoms in total. The predicted octanol–water partition coefficient (Wildman–Crippen LogP) is 8.28. The van der Waals surface area contributed by atoms with Gasteiger partial charge in [-0.05, 0) is 75.9 Å². The van der Waals surface area contributed by atoms with E-state index in [-0.39, 0.29) is 6.29 Å². The van der Waals surface area contributed by atoms with Crippen LogP contribution in [0.15, 0.2) is 91.0 Å². The van der Waals surface area contributed by atoms with Gasteiger partial charge in [0.1, 0.15) is 23.2 Å². The molecule has 0 spiro atoms. The Morgan fingerprint density at radius 1 is 0.486 bits per heavy atom. The van der Waals surface area contributed by atoms with Crippen molar-refractivity contribution in [2.75, 3.05) is 19.4 Å². The lowest BCUT2D eigenvalue weighted by Crippen LogP contribution is -2.33. The first-order chi connectivity index (χ1) is 18.3. The number of hydrogen-bond donors (Lipinski definition) is 0. The largest absolute Gasteiger partial charge is 0.353 e. The van der Waals surface area contributed by atoms with Crippen LogP contribution in [0.25, 0.3) is 0 Å². The second-order valence-electron chi connectivity index (χ2n) is 9.85. The third kappa shape index (κ3) is 9.36. The van der Waals surface area contributed by atoms with E-state index < -0.39 is 7.26 Å². The summed E-state index contributed by atoms with van der Waals surface area (Å²) in [6.07, 6.45) is 14.1. The molecule has 0 fully saturated rings. The third-order valence-corrected chi connectivity index (χ3v) is 11.8. The van der Waals surface area contributed by atoms with Gasteiger partial charge in [-0.25, -0.2) is 0 Å². The van der Waals surface area contributed by atoms with Crippen LogP contribution in [0.3, 0.4) is 0 Å². The summed E-state index contributed by atoms with van der Waals surface area (Å²) in [5.74, 6) is 0. The fourth-order valence-electron chi connectivity index (χ4n) is 5.37. The van der Waals surface area contributed by atoms with Crippen molar-refractivity contribution in [2.24, 2.45) is 0 Å². The van der Waals surface area contributed by atoms with Crippen LogP contribution in [0.5, 0.6) is 0 Å². The summed E-state index contributed by atoms with van der Waals surface area (Å²) >= 11 is 0. The van der Waals surface area contributed by atoms with E-state index in [2.05, 4.69) is 91.0 Å². The molecule has 3 aromatic rings. The Labute approximate surface area is 227 Å². The molecule has 0 amide bonds. The van der Waals surface area contributed by atoms with Crippen molar-refractivity contribution >= 4 is 23.2 Å². The molecule has 0 aliphatic heterocycles. The third-order valence-electron chi connectivity index (χ3n) is 7.23. The van der Waals surface area contributed by atoms with Crippen LogP contribution in [-0.4, -0.2) is 25.7 Å². The van der Waals surface area contributed by atoms with E-state index in [1.165, 1.54) is 79.9 Å². The Morgan fingerprint density at radius 2 is 0.838 bits per heavy atom. The highest BCUT2D eigenvalue weighted by Crippen LogP contribution is 2.56. The molecule has 0 saturated carbocycles. The average Bonchev–Trinajstić information content (AvgIpc) is 2.95. The Morgan fingerprint density at radius 3 is 1.22 bits per heavy atom. The van der Waals surface area contributed by atoms with Gasteiger partial charge in [0.15, 0.2) is 6.29 Å². The standard InChI is InChI=1S/C34H48O2P/c1-3-35-34(36-4-2)29-21-10-8-6-5-7-9-11-22-30-37(31-23-15-12-16-24-31,32-25-17-13-18-26-32)33-27-19-14-20-28-33/h12-20,23-28,34H,3-11,21-22,29-30H2,1-2H3/q+1.